The van der Waals surface area contributed by atoms with Crippen LogP contribution in [-0.2, 0) is 6.61 Å². The molecule has 0 amide bonds. The van der Waals surface area contributed by atoms with Crippen molar-refractivity contribution in [1.29, 1.82) is 0 Å². The van der Waals surface area contributed by atoms with Crippen molar-refractivity contribution in [2.45, 2.75) is 13.0 Å². The molecule has 2 aromatic rings. The van der Waals surface area contributed by atoms with Crippen LogP contribution in [0.2, 0.25) is 0 Å². The largest absolute Gasteiger partial charge is 0.573 e. The molecule has 0 bridgehead atoms. The predicted octanol–water partition coefficient (Wildman–Crippen LogP) is 2.24. The summed E-state index contributed by atoms with van der Waals surface area (Å²) in [6.45, 7) is -0.0594. The topological polar surface area (TPSA) is 82.3 Å². The average Bonchev–Trinajstić information content (AvgIpc) is 2.45. The molecule has 0 aliphatic carbocycles. The molecule has 0 fully saturated rings. The van der Waals surface area contributed by atoms with Gasteiger partial charge in [0.15, 0.2) is 17.3 Å². The van der Waals surface area contributed by atoms with E-state index in [4.69, 9.17) is 10.6 Å². The molecule has 0 unspecified atom stereocenters. The fourth-order valence-corrected chi connectivity index (χ4v) is 1.43. The Kier molecular flexibility index (Phi) is 4.43. The molecule has 1 aromatic carbocycles. The molecule has 1 heterocycles. The summed E-state index contributed by atoms with van der Waals surface area (Å²) in [5, 5.41) is 0. The van der Waals surface area contributed by atoms with Crippen molar-refractivity contribution in [1.82, 2.24) is 9.97 Å². The zero-order valence-corrected chi connectivity index (χ0v) is 10.6. The third kappa shape index (κ3) is 4.49. The van der Waals surface area contributed by atoms with Gasteiger partial charge in [-0.15, -0.1) is 13.2 Å². The summed E-state index contributed by atoms with van der Waals surface area (Å²) >= 11 is 0. The molecule has 0 atom stereocenters. The Labute approximate surface area is 117 Å². The van der Waals surface area contributed by atoms with E-state index in [1.807, 2.05) is 0 Å². The molecule has 6 nitrogen and oxygen atoms in total. The molecular weight excluding hydrogens is 289 g/mol. The number of nitrogen functional groups attached to an aromatic ring is 1. The molecule has 1 aromatic heterocycles. The summed E-state index contributed by atoms with van der Waals surface area (Å²) < 4.78 is 45.9. The number of alkyl halides is 3. The first-order valence-corrected chi connectivity index (χ1v) is 5.73. The highest BCUT2D eigenvalue weighted by Crippen LogP contribution is 2.32. The highest BCUT2D eigenvalue weighted by molar-refractivity contribution is 5.39. The van der Waals surface area contributed by atoms with Gasteiger partial charge < -0.3 is 14.9 Å². The van der Waals surface area contributed by atoms with Crippen LogP contribution >= 0.6 is 0 Å². The average molecular weight is 300 g/mol. The van der Waals surface area contributed by atoms with Crippen LogP contribution in [0, 0.1) is 0 Å². The van der Waals surface area contributed by atoms with Crippen LogP contribution in [0.3, 0.4) is 0 Å². The monoisotopic (exact) mass is 300 g/mol. The van der Waals surface area contributed by atoms with Gasteiger partial charge in [-0.25, -0.2) is 10.8 Å². The summed E-state index contributed by atoms with van der Waals surface area (Å²) in [4.78, 5) is 7.88. The van der Waals surface area contributed by atoms with E-state index in [-0.39, 0.29) is 12.4 Å². The van der Waals surface area contributed by atoms with Crippen molar-refractivity contribution in [2.24, 2.45) is 5.84 Å². The molecule has 112 valence electrons. The van der Waals surface area contributed by atoms with Gasteiger partial charge in [-0.2, -0.15) is 0 Å². The fraction of sp³-hybridized carbons (Fsp3) is 0.167. The summed E-state index contributed by atoms with van der Waals surface area (Å²) in [7, 11) is 0. The Morgan fingerprint density at radius 1 is 1.10 bits per heavy atom. The van der Waals surface area contributed by atoms with Gasteiger partial charge in [0.25, 0.3) is 0 Å². The normalized spacial score (nSPS) is 11.0. The van der Waals surface area contributed by atoms with Crippen LogP contribution in [0.25, 0.3) is 0 Å². The van der Waals surface area contributed by atoms with Gasteiger partial charge >= 0.3 is 6.36 Å². The van der Waals surface area contributed by atoms with Gasteiger partial charge in [-0.05, 0) is 12.1 Å². The number of hydrazine groups is 1. The van der Waals surface area contributed by atoms with E-state index >= 15 is 0 Å². The van der Waals surface area contributed by atoms with Crippen LogP contribution in [-0.4, -0.2) is 16.3 Å². The molecule has 0 aliphatic heterocycles. The van der Waals surface area contributed by atoms with E-state index < -0.39 is 12.1 Å². The van der Waals surface area contributed by atoms with Crippen molar-refractivity contribution in [3.63, 3.8) is 0 Å². The summed E-state index contributed by atoms with van der Waals surface area (Å²) in [6.07, 6.45) is -2.02. The number of halogens is 3. The zero-order valence-electron chi connectivity index (χ0n) is 10.6. The molecule has 0 saturated heterocycles. The van der Waals surface area contributed by atoms with Crippen LogP contribution in [0.4, 0.5) is 19.0 Å². The maximum atomic E-state index is 12.2. The second-order valence-electron chi connectivity index (χ2n) is 3.82. The van der Waals surface area contributed by atoms with Gasteiger partial charge in [0.2, 0.25) is 0 Å². The Balaban J connectivity index is 2.05. The number of aromatic nitrogens is 2. The van der Waals surface area contributed by atoms with Crippen molar-refractivity contribution >= 4 is 5.82 Å². The van der Waals surface area contributed by atoms with Crippen LogP contribution in [0.5, 0.6) is 11.5 Å². The first-order chi connectivity index (χ1) is 9.98. The maximum Gasteiger partial charge on any atom is 0.573 e. The second kappa shape index (κ2) is 6.27. The smallest absolute Gasteiger partial charge is 0.483 e. The number of hydrogen-bond donors (Lipinski definition) is 2. The first kappa shape index (κ1) is 14.9. The summed E-state index contributed by atoms with van der Waals surface area (Å²) in [5.41, 5.74) is 2.73. The van der Waals surface area contributed by atoms with E-state index in [9.17, 15) is 13.2 Å². The summed E-state index contributed by atoms with van der Waals surface area (Å²) in [5.74, 6) is 5.04. The van der Waals surface area contributed by atoms with Crippen molar-refractivity contribution in [3.8, 4) is 11.5 Å². The third-order valence-electron chi connectivity index (χ3n) is 2.30. The van der Waals surface area contributed by atoms with E-state index in [0.29, 0.717) is 11.5 Å². The second-order valence-corrected chi connectivity index (χ2v) is 3.82. The number of nitrogens with one attached hydrogen (secondary N) is 1. The minimum atomic E-state index is -4.78. The van der Waals surface area contributed by atoms with Crippen molar-refractivity contribution in [3.05, 3.63) is 42.4 Å². The third-order valence-corrected chi connectivity index (χ3v) is 2.30. The lowest BCUT2D eigenvalue weighted by Gasteiger charge is -2.13. The molecule has 9 heteroatoms. The zero-order chi connectivity index (χ0) is 15.3. The molecule has 21 heavy (non-hydrogen) atoms. The number of ether oxygens (including phenoxy) is 2. The van der Waals surface area contributed by atoms with Crippen LogP contribution in [0.1, 0.15) is 5.69 Å². The highest BCUT2D eigenvalue weighted by Gasteiger charge is 2.32. The van der Waals surface area contributed by atoms with Crippen LogP contribution < -0.4 is 20.7 Å². The molecule has 0 radical (unpaired) electrons. The lowest BCUT2D eigenvalue weighted by atomic mass is 10.3. The molecule has 0 spiro atoms. The SMILES string of the molecule is NNc1cnc(COc2ccccc2OC(F)(F)F)cn1. The molecule has 0 aliphatic rings. The minimum Gasteiger partial charge on any atom is -0.483 e. The number of para-hydroxylation sites is 2. The number of nitrogens with zero attached hydrogens (tertiary/aromatic N) is 2. The maximum absolute atomic E-state index is 12.2. The molecule has 2 rings (SSSR count). The Bertz CT molecular complexity index is 590. The first-order valence-electron chi connectivity index (χ1n) is 5.73. The van der Waals surface area contributed by atoms with Gasteiger partial charge in [-0.1, -0.05) is 12.1 Å². The van der Waals surface area contributed by atoms with Crippen molar-refractivity contribution in [2.75, 3.05) is 5.43 Å². The van der Waals surface area contributed by atoms with E-state index in [1.54, 1.807) is 0 Å². The molecular formula is C12H11F3N4O2. The van der Waals surface area contributed by atoms with Gasteiger partial charge in [0, 0.05) is 0 Å². The van der Waals surface area contributed by atoms with E-state index in [2.05, 4.69) is 20.1 Å². The number of nitrogens with two attached hydrogens (primary N) is 1. The van der Waals surface area contributed by atoms with Gasteiger partial charge in [0.1, 0.15) is 6.61 Å². The Morgan fingerprint density at radius 3 is 2.38 bits per heavy atom. The van der Waals surface area contributed by atoms with E-state index in [1.165, 1.54) is 30.6 Å². The number of rotatable bonds is 5. The highest BCUT2D eigenvalue weighted by atomic mass is 19.4. The predicted molar refractivity (Wildman–Crippen MR) is 67.3 cm³/mol. The quantitative estimate of drug-likeness (QED) is 0.651. The van der Waals surface area contributed by atoms with Gasteiger partial charge in [-0.3, -0.25) is 4.98 Å². The van der Waals surface area contributed by atoms with E-state index in [0.717, 1.165) is 6.07 Å². The number of anilines is 1. The Morgan fingerprint density at radius 2 is 1.81 bits per heavy atom. The number of hydrogen-bond acceptors (Lipinski definition) is 6. The number of benzene rings is 1. The fourth-order valence-electron chi connectivity index (χ4n) is 1.43. The standard InChI is InChI=1S/C12H11F3N4O2/c13-12(14,15)21-10-4-2-1-3-9(10)20-7-8-5-18-11(19-16)6-17-8/h1-6H,7,16H2,(H,18,19). The van der Waals surface area contributed by atoms with Crippen molar-refractivity contribution < 1.29 is 22.6 Å². The minimum absolute atomic E-state index is 0.0438. The lowest BCUT2D eigenvalue weighted by Crippen LogP contribution is -2.17. The molecule has 0 saturated carbocycles. The van der Waals surface area contributed by atoms with Gasteiger partial charge in [0.05, 0.1) is 18.1 Å². The Hall–Kier alpha value is -2.55. The molecule has 3 N–H and O–H groups in total. The van der Waals surface area contributed by atoms with Crippen LogP contribution in [0.15, 0.2) is 36.7 Å². The summed E-state index contributed by atoms with van der Waals surface area (Å²) in [6, 6.07) is 5.47. The lowest BCUT2D eigenvalue weighted by molar-refractivity contribution is -0.275.